The van der Waals surface area contributed by atoms with Crippen molar-refractivity contribution in [3.8, 4) is 0 Å². The van der Waals surface area contributed by atoms with Crippen molar-refractivity contribution in [2.24, 2.45) is 5.92 Å². The molecule has 224 valence electrons. The number of carbonyl (C=O) groups excluding carboxylic acids is 4. The number of amides is 3. The van der Waals surface area contributed by atoms with Gasteiger partial charge in [-0.1, -0.05) is 55.3 Å². The number of benzene rings is 1. The number of alkyl carbamates (subject to hydrolysis) is 1. The predicted molar refractivity (Wildman–Crippen MR) is 153 cm³/mol. The van der Waals surface area contributed by atoms with Gasteiger partial charge in [0.05, 0.1) is 24.1 Å². The van der Waals surface area contributed by atoms with Crippen molar-refractivity contribution in [3.63, 3.8) is 0 Å². The fourth-order valence-corrected chi connectivity index (χ4v) is 5.48. The fourth-order valence-electron chi connectivity index (χ4n) is 5.48. The van der Waals surface area contributed by atoms with Crippen molar-refractivity contribution in [3.05, 3.63) is 61.2 Å². The summed E-state index contributed by atoms with van der Waals surface area (Å²) in [4.78, 5) is 53.4. The van der Waals surface area contributed by atoms with Crippen molar-refractivity contribution in [2.45, 2.75) is 82.0 Å². The molecule has 1 saturated heterocycles. The van der Waals surface area contributed by atoms with Crippen LogP contribution < -0.4 is 10.6 Å². The molecule has 1 aliphatic heterocycles. The quantitative estimate of drug-likeness (QED) is 0.218. The van der Waals surface area contributed by atoms with Gasteiger partial charge in [0.2, 0.25) is 11.8 Å². The Morgan fingerprint density at radius 2 is 1.76 bits per heavy atom. The van der Waals surface area contributed by atoms with Crippen LogP contribution >= 0.6 is 0 Å². The first-order valence-electron chi connectivity index (χ1n) is 14.4. The lowest BCUT2D eigenvalue weighted by Gasteiger charge is -2.32. The van der Waals surface area contributed by atoms with Crippen LogP contribution in [-0.2, 0) is 30.5 Å². The molecule has 0 spiro atoms. The van der Waals surface area contributed by atoms with Crippen LogP contribution in [0.5, 0.6) is 0 Å². The number of ether oxygens (including phenoxy) is 2. The minimum absolute atomic E-state index is 0.0145. The summed E-state index contributed by atoms with van der Waals surface area (Å²) < 4.78 is 10.9. The Morgan fingerprint density at radius 3 is 2.41 bits per heavy atom. The Labute approximate surface area is 242 Å². The maximum atomic E-state index is 13.4. The monoisotopic (exact) mass is 569 g/mol. The average molecular weight is 570 g/mol. The number of aliphatic hydroxyl groups is 1. The molecule has 2 aliphatic rings. The first kappa shape index (κ1) is 31.9. The number of nitrogens with zero attached hydrogens (tertiary/aromatic N) is 1. The highest BCUT2D eigenvalue weighted by Crippen LogP contribution is 2.31. The highest BCUT2D eigenvalue weighted by atomic mass is 16.6. The van der Waals surface area contributed by atoms with Crippen molar-refractivity contribution < 1.29 is 33.8 Å². The highest BCUT2D eigenvalue weighted by Gasteiger charge is 2.40. The molecule has 2 fully saturated rings. The number of allylic oxidation sites excluding steroid dienone is 1. The number of likely N-dealkylation sites (tertiary alicyclic amines) is 1. The zero-order valence-corrected chi connectivity index (χ0v) is 23.7. The van der Waals surface area contributed by atoms with E-state index in [4.69, 9.17) is 9.47 Å². The lowest BCUT2D eigenvalue weighted by atomic mass is 9.94. The van der Waals surface area contributed by atoms with Crippen LogP contribution in [0.25, 0.3) is 0 Å². The van der Waals surface area contributed by atoms with Gasteiger partial charge >= 0.3 is 12.1 Å². The maximum Gasteiger partial charge on any atom is 0.408 e. The van der Waals surface area contributed by atoms with Crippen LogP contribution in [0.1, 0.15) is 63.4 Å². The summed E-state index contributed by atoms with van der Waals surface area (Å²) in [5.74, 6) is -1.72. The summed E-state index contributed by atoms with van der Waals surface area (Å²) in [6, 6.07) is 7.99. The van der Waals surface area contributed by atoms with Crippen molar-refractivity contribution in [1.82, 2.24) is 15.5 Å². The van der Waals surface area contributed by atoms with Gasteiger partial charge in [0, 0.05) is 13.0 Å². The number of nitrogens with one attached hydrogen (secondary N) is 2. The summed E-state index contributed by atoms with van der Waals surface area (Å²) in [6.07, 6.45) is 7.40. The van der Waals surface area contributed by atoms with E-state index in [2.05, 4.69) is 23.8 Å². The van der Waals surface area contributed by atoms with E-state index in [0.717, 1.165) is 31.2 Å². The van der Waals surface area contributed by atoms with Gasteiger partial charge in [-0.2, -0.15) is 0 Å². The maximum absolute atomic E-state index is 13.4. The van der Waals surface area contributed by atoms with Gasteiger partial charge in [-0.25, -0.2) is 9.59 Å². The van der Waals surface area contributed by atoms with E-state index in [1.54, 1.807) is 11.0 Å². The molecule has 3 rings (SSSR count). The average Bonchev–Trinajstić information content (AvgIpc) is 3.65. The van der Waals surface area contributed by atoms with E-state index < -0.39 is 29.6 Å². The van der Waals surface area contributed by atoms with Crippen molar-refractivity contribution in [2.75, 3.05) is 19.8 Å². The van der Waals surface area contributed by atoms with Crippen molar-refractivity contribution >= 4 is 23.9 Å². The molecule has 0 aromatic heterocycles. The minimum atomic E-state index is -0.990. The molecule has 10 heteroatoms. The standard InChI is InChI=1S/C31H43N3O7/c1-3-11-24(19-27(36)34-18-10-15-25(34)20-35)28(37)33-31(16-8-9-17-31)22-41-29(38)26(12-4-2)32-30(39)40-21-23-13-6-5-7-14-23/h3-7,13-14,24-26,35H,1-2,8-12,15-22H2,(H,32,39)(H,33,37)/t24-,25+,26-/m1/s1. The molecule has 1 heterocycles. The third-order valence-electron chi connectivity index (χ3n) is 7.78. The van der Waals surface area contributed by atoms with Crippen LogP contribution in [0.2, 0.25) is 0 Å². The van der Waals surface area contributed by atoms with Gasteiger partial charge in [-0.05, 0) is 44.1 Å². The second kappa shape index (κ2) is 16.0. The van der Waals surface area contributed by atoms with Gasteiger partial charge < -0.3 is 30.1 Å². The van der Waals surface area contributed by atoms with Gasteiger partial charge in [-0.15, -0.1) is 13.2 Å². The normalized spacial score (nSPS) is 19.0. The zero-order valence-electron chi connectivity index (χ0n) is 23.7. The lowest BCUT2D eigenvalue weighted by Crippen LogP contribution is -2.53. The van der Waals surface area contributed by atoms with E-state index in [9.17, 15) is 24.3 Å². The smallest absolute Gasteiger partial charge is 0.408 e. The molecule has 0 bridgehead atoms. The second-order valence-corrected chi connectivity index (χ2v) is 10.9. The summed E-state index contributed by atoms with van der Waals surface area (Å²) in [6.45, 7) is 7.90. The summed E-state index contributed by atoms with van der Waals surface area (Å²) in [5, 5.41) is 15.2. The highest BCUT2D eigenvalue weighted by molar-refractivity contribution is 5.87. The Bertz CT molecular complexity index is 1060. The van der Waals surface area contributed by atoms with Crippen LogP contribution in [0.4, 0.5) is 4.79 Å². The summed E-state index contributed by atoms with van der Waals surface area (Å²) >= 11 is 0. The summed E-state index contributed by atoms with van der Waals surface area (Å²) in [5.41, 5.74) is 0.0535. The molecular formula is C31H43N3O7. The number of rotatable bonds is 15. The van der Waals surface area contributed by atoms with E-state index in [1.807, 2.05) is 30.3 Å². The minimum Gasteiger partial charge on any atom is -0.462 e. The first-order valence-corrected chi connectivity index (χ1v) is 14.4. The largest absolute Gasteiger partial charge is 0.462 e. The van der Waals surface area contributed by atoms with E-state index in [-0.39, 0.29) is 50.5 Å². The second-order valence-electron chi connectivity index (χ2n) is 10.9. The Morgan fingerprint density at radius 1 is 1.05 bits per heavy atom. The van der Waals surface area contributed by atoms with Crippen LogP contribution in [0, 0.1) is 5.92 Å². The van der Waals surface area contributed by atoms with Gasteiger partial charge in [0.15, 0.2) is 0 Å². The molecule has 0 unspecified atom stereocenters. The fraction of sp³-hybridized carbons (Fsp3) is 0.548. The summed E-state index contributed by atoms with van der Waals surface area (Å²) in [7, 11) is 0. The lowest BCUT2D eigenvalue weighted by molar-refractivity contribution is -0.149. The van der Waals surface area contributed by atoms with E-state index in [1.165, 1.54) is 6.08 Å². The molecular weight excluding hydrogens is 526 g/mol. The third kappa shape index (κ3) is 9.45. The predicted octanol–water partition coefficient (Wildman–Crippen LogP) is 3.40. The molecule has 3 atom stereocenters. The Kier molecular flexibility index (Phi) is 12.4. The molecule has 1 aliphatic carbocycles. The van der Waals surface area contributed by atoms with E-state index in [0.29, 0.717) is 25.8 Å². The SMILES string of the molecule is C=CC[C@H](CC(=O)N1CCC[C@H]1CO)C(=O)NC1(COC(=O)[C@@H](CC=C)NC(=O)OCc2ccccc2)CCCC1. The van der Waals surface area contributed by atoms with Crippen molar-refractivity contribution in [1.29, 1.82) is 0 Å². The topological polar surface area (TPSA) is 134 Å². The van der Waals surface area contributed by atoms with Gasteiger partial charge in [0.1, 0.15) is 19.3 Å². The van der Waals surface area contributed by atoms with Crippen LogP contribution in [0.15, 0.2) is 55.6 Å². The first-order chi connectivity index (χ1) is 19.8. The number of hydrogen-bond acceptors (Lipinski definition) is 7. The van der Waals surface area contributed by atoms with Crippen LogP contribution in [0.3, 0.4) is 0 Å². The number of hydrogen-bond donors (Lipinski definition) is 3. The molecule has 1 aromatic rings. The van der Waals surface area contributed by atoms with E-state index >= 15 is 0 Å². The number of aliphatic hydroxyl groups excluding tert-OH is 1. The van der Waals surface area contributed by atoms with Gasteiger partial charge in [-0.3, -0.25) is 9.59 Å². The third-order valence-corrected chi connectivity index (χ3v) is 7.78. The number of carbonyl (C=O) groups is 4. The molecule has 3 amide bonds. The molecule has 3 N–H and O–H groups in total. The molecule has 0 radical (unpaired) electrons. The molecule has 1 aromatic carbocycles. The van der Waals surface area contributed by atoms with Crippen LogP contribution in [-0.4, -0.2) is 71.3 Å². The number of esters is 1. The zero-order chi connectivity index (χ0) is 29.7. The molecule has 1 saturated carbocycles. The molecule has 41 heavy (non-hydrogen) atoms. The van der Waals surface area contributed by atoms with Gasteiger partial charge in [0.25, 0.3) is 0 Å². The Balaban J connectivity index is 1.57. The molecule has 10 nitrogen and oxygen atoms in total. The Hall–Kier alpha value is -3.66.